The van der Waals surface area contributed by atoms with Gasteiger partial charge in [0.2, 0.25) is 5.91 Å². The fourth-order valence-electron chi connectivity index (χ4n) is 2.42. The summed E-state index contributed by atoms with van der Waals surface area (Å²) in [5, 5.41) is 10.2. The normalized spacial score (nSPS) is 11.3. The van der Waals surface area contributed by atoms with E-state index in [1.807, 2.05) is 0 Å². The van der Waals surface area contributed by atoms with Crippen LogP contribution < -0.4 is 9.80 Å². The summed E-state index contributed by atoms with van der Waals surface area (Å²) >= 11 is 4.19. The van der Waals surface area contributed by atoms with E-state index < -0.39 is 24.3 Å². The maximum atomic E-state index is 13.4. The first-order chi connectivity index (χ1) is 12.1. The Kier molecular flexibility index (Phi) is 6.20. The third kappa shape index (κ3) is 4.50. The lowest BCUT2D eigenvalue weighted by Gasteiger charge is -2.22. The second kappa shape index (κ2) is 8.01. The summed E-state index contributed by atoms with van der Waals surface area (Å²) in [6.07, 6.45) is -4.72. The molecule has 0 spiro atoms. The van der Waals surface area contributed by atoms with Crippen molar-refractivity contribution >= 4 is 24.2 Å². The Balaban J connectivity index is 2.44. The lowest BCUT2D eigenvalue weighted by atomic mass is 10.0. The van der Waals surface area contributed by atoms with Gasteiger partial charge in [0.1, 0.15) is 12.4 Å². The maximum Gasteiger partial charge on any atom is 0.416 e. The van der Waals surface area contributed by atoms with Gasteiger partial charge in [-0.3, -0.25) is 10.0 Å². The summed E-state index contributed by atoms with van der Waals surface area (Å²) in [5.74, 6) is -0.335. The first kappa shape index (κ1) is 20.1. The number of nitrogens with zero attached hydrogens (tertiary/aromatic N) is 1. The average Bonchev–Trinajstić information content (AvgIpc) is 2.58. The van der Waals surface area contributed by atoms with E-state index in [0.717, 1.165) is 12.1 Å². The maximum absolute atomic E-state index is 13.4. The molecular formula is C18H18F3NO3S. The monoisotopic (exact) mass is 385 g/mol. The minimum atomic E-state index is -4.66. The van der Waals surface area contributed by atoms with Gasteiger partial charge in [0.15, 0.2) is 0 Å². The Morgan fingerprint density at radius 2 is 1.96 bits per heavy atom. The summed E-state index contributed by atoms with van der Waals surface area (Å²) in [6, 6.07) is 8.23. The van der Waals surface area contributed by atoms with E-state index in [1.54, 1.807) is 25.1 Å². The van der Waals surface area contributed by atoms with Crippen molar-refractivity contribution in [3.05, 3.63) is 53.1 Å². The quantitative estimate of drug-likeness (QED) is 0.432. The van der Waals surface area contributed by atoms with Crippen LogP contribution >= 0.6 is 12.6 Å². The number of rotatable bonds is 5. The molecule has 0 aliphatic rings. The molecule has 0 unspecified atom stereocenters. The highest BCUT2D eigenvalue weighted by atomic mass is 32.1. The van der Waals surface area contributed by atoms with Crippen molar-refractivity contribution < 1.29 is 27.9 Å². The Labute approximate surface area is 154 Å². The highest BCUT2D eigenvalue weighted by Gasteiger charge is 2.35. The van der Waals surface area contributed by atoms with Gasteiger partial charge in [0, 0.05) is 16.9 Å². The Hall–Kier alpha value is -2.19. The van der Waals surface area contributed by atoms with Crippen molar-refractivity contribution in [2.75, 3.05) is 5.06 Å². The summed E-state index contributed by atoms with van der Waals surface area (Å²) in [6.45, 7) is 2.77. The van der Waals surface area contributed by atoms with Gasteiger partial charge in [-0.25, -0.2) is 0 Å². The van der Waals surface area contributed by atoms with E-state index in [2.05, 4.69) is 12.6 Å². The third-order valence-electron chi connectivity index (χ3n) is 3.75. The second-order valence-corrected chi connectivity index (χ2v) is 6.11. The SMILES string of the molecule is CCC(=O)N(O)c1cccc(C(F)(F)F)c1COc1ccc(S)cc1C. The van der Waals surface area contributed by atoms with Crippen LogP contribution in [0.25, 0.3) is 0 Å². The number of hydroxylamine groups is 1. The Morgan fingerprint density at radius 1 is 1.27 bits per heavy atom. The standard InChI is InChI=1S/C18H18F3NO3S/c1-3-17(23)22(24)15-6-4-5-14(18(19,20)21)13(15)10-25-16-8-7-12(26)9-11(16)2/h4-9,24,26H,3,10H2,1-2H3. The molecule has 1 amide bonds. The van der Waals surface area contributed by atoms with E-state index in [9.17, 15) is 23.2 Å². The van der Waals surface area contributed by atoms with Crippen LogP contribution in [0.3, 0.4) is 0 Å². The number of ether oxygens (including phenoxy) is 1. The van der Waals surface area contributed by atoms with Crippen molar-refractivity contribution in [2.24, 2.45) is 0 Å². The lowest BCUT2D eigenvalue weighted by Crippen LogP contribution is -2.28. The van der Waals surface area contributed by atoms with Crippen molar-refractivity contribution in [1.29, 1.82) is 0 Å². The predicted molar refractivity (Wildman–Crippen MR) is 93.8 cm³/mol. The molecule has 0 radical (unpaired) electrons. The fraction of sp³-hybridized carbons (Fsp3) is 0.278. The average molecular weight is 385 g/mol. The molecule has 0 heterocycles. The van der Waals surface area contributed by atoms with E-state index >= 15 is 0 Å². The largest absolute Gasteiger partial charge is 0.489 e. The predicted octanol–water partition coefficient (Wildman–Crippen LogP) is 5.01. The molecule has 140 valence electrons. The van der Waals surface area contributed by atoms with Crippen LogP contribution in [0.4, 0.5) is 18.9 Å². The number of carbonyl (C=O) groups is 1. The molecule has 0 aliphatic heterocycles. The molecule has 0 fully saturated rings. The zero-order valence-electron chi connectivity index (χ0n) is 14.2. The smallest absolute Gasteiger partial charge is 0.416 e. The van der Waals surface area contributed by atoms with Gasteiger partial charge >= 0.3 is 6.18 Å². The molecule has 0 atom stereocenters. The van der Waals surface area contributed by atoms with Crippen LogP contribution in [0.2, 0.25) is 0 Å². The third-order valence-corrected chi connectivity index (χ3v) is 4.03. The van der Waals surface area contributed by atoms with Crippen LogP contribution in [0.1, 0.15) is 30.0 Å². The molecule has 1 N–H and O–H groups in total. The molecule has 2 aromatic rings. The number of carbonyl (C=O) groups excluding carboxylic acids is 1. The number of hydrogen-bond donors (Lipinski definition) is 2. The topological polar surface area (TPSA) is 49.8 Å². The van der Waals surface area contributed by atoms with Crippen molar-refractivity contribution in [3.63, 3.8) is 0 Å². The van der Waals surface area contributed by atoms with E-state index in [1.165, 1.54) is 13.0 Å². The van der Waals surface area contributed by atoms with E-state index in [4.69, 9.17) is 4.74 Å². The molecule has 0 bridgehead atoms. The zero-order valence-corrected chi connectivity index (χ0v) is 15.1. The molecular weight excluding hydrogens is 367 g/mol. The van der Waals surface area contributed by atoms with Crippen molar-refractivity contribution in [1.82, 2.24) is 0 Å². The van der Waals surface area contributed by atoms with Crippen LogP contribution in [-0.4, -0.2) is 11.1 Å². The van der Waals surface area contributed by atoms with Gasteiger partial charge in [-0.2, -0.15) is 18.2 Å². The van der Waals surface area contributed by atoms with Crippen LogP contribution in [-0.2, 0) is 17.6 Å². The summed E-state index contributed by atoms with van der Waals surface area (Å²) in [5.41, 5.74) is -0.843. The molecule has 0 aliphatic carbocycles. The number of thiol groups is 1. The Morgan fingerprint density at radius 3 is 2.54 bits per heavy atom. The van der Waals surface area contributed by atoms with Crippen LogP contribution in [0, 0.1) is 6.92 Å². The molecule has 4 nitrogen and oxygen atoms in total. The fourth-order valence-corrected chi connectivity index (χ4v) is 2.69. The first-order valence-corrected chi connectivity index (χ1v) is 8.23. The molecule has 2 rings (SSSR count). The molecule has 0 aromatic heterocycles. The number of alkyl halides is 3. The van der Waals surface area contributed by atoms with Gasteiger partial charge in [-0.15, -0.1) is 12.6 Å². The molecule has 0 saturated carbocycles. The number of hydrogen-bond acceptors (Lipinski definition) is 4. The lowest BCUT2D eigenvalue weighted by molar-refractivity contribution is -0.138. The number of benzene rings is 2. The number of aryl methyl sites for hydroxylation is 1. The second-order valence-electron chi connectivity index (χ2n) is 5.60. The van der Waals surface area contributed by atoms with Gasteiger partial charge in [-0.1, -0.05) is 13.0 Å². The van der Waals surface area contributed by atoms with E-state index in [0.29, 0.717) is 16.2 Å². The molecule has 26 heavy (non-hydrogen) atoms. The minimum Gasteiger partial charge on any atom is -0.489 e. The summed E-state index contributed by atoms with van der Waals surface area (Å²) < 4.78 is 45.7. The number of halogens is 3. The summed E-state index contributed by atoms with van der Waals surface area (Å²) in [7, 11) is 0. The van der Waals surface area contributed by atoms with Crippen molar-refractivity contribution in [2.45, 2.75) is 37.9 Å². The molecule has 0 saturated heterocycles. The van der Waals surface area contributed by atoms with Crippen LogP contribution in [0.5, 0.6) is 5.75 Å². The van der Waals surface area contributed by atoms with Gasteiger partial charge in [0.05, 0.1) is 11.3 Å². The zero-order chi connectivity index (χ0) is 19.5. The highest BCUT2D eigenvalue weighted by Crippen LogP contribution is 2.37. The number of amides is 1. The van der Waals surface area contributed by atoms with Gasteiger partial charge in [0.25, 0.3) is 0 Å². The number of anilines is 1. The van der Waals surface area contributed by atoms with Gasteiger partial charge < -0.3 is 4.74 Å². The highest BCUT2D eigenvalue weighted by molar-refractivity contribution is 7.80. The minimum absolute atomic E-state index is 0.0600. The van der Waals surface area contributed by atoms with Crippen molar-refractivity contribution in [3.8, 4) is 5.75 Å². The van der Waals surface area contributed by atoms with Gasteiger partial charge in [-0.05, 0) is 42.8 Å². The van der Waals surface area contributed by atoms with E-state index in [-0.39, 0.29) is 22.7 Å². The molecule has 8 heteroatoms. The molecule has 2 aromatic carbocycles. The first-order valence-electron chi connectivity index (χ1n) is 7.78. The summed E-state index contributed by atoms with van der Waals surface area (Å²) in [4.78, 5) is 12.4. The Bertz CT molecular complexity index is 809. The van der Waals surface area contributed by atoms with Crippen LogP contribution in [0.15, 0.2) is 41.3 Å².